The van der Waals surface area contributed by atoms with Crippen molar-refractivity contribution in [2.24, 2.45) is 0 Å². The zero-order chi connectivity index (χ0) is 17.6. The molecule has 134 valence electrons. The molecule has 1 unspecified atom stereocenters. The van der Waals surface area contributed by atoms with E-state index in [1.54, 1.807) is 0 Å². The van der Waals surface area contributed by atoms with E-state index in [0.29, 0.717) is 12.1 Å². The highest BCUT2D eigenvalue weighted by Crippen LogP contribution is 2.28. The lowest BCUT2D eigenvalue weighted by Crippen LogP contribution is -2.54. The van der Waals surface area contributed by atoms with E-state index in [0.717, 1.165) is 38.4 Å². The van der Waals surface area contributed by atoms with Crippen molar-refractivity contribution in [1.82, 2.24) is 19.4 Å². The first-order chi connectivity index (χ1) is 12.0. The summed E-state index contributed by atoms with van der Waals surface area (Å²) in [4.78, 5) is 9.55. The fourth-order valence-corrected chi connectivity index (χ4v) is 4.54. The highest BCUT2D eigenvalue weighted by Gasteiger charge is 2.38. The molecule has 2 aliphatic heterocycles. The van der Waals surface area contributed by atoms with Gasteiger partial charge in [0, 0.05) is 55.8 Å². The first kappa shape index (κ1) is 16.8. The number of hydrogen-bond acceptors (Lipinski definition) is 4. The van der Waals surface area contributed by atoms with E-state index in [9.17, 15) is 5.11 Å². The first-order valence-electron chi connectivity index (χ1n) is 9.28. The van der Waals surface area contributed by atoms with Gasteiger partial charge >= 0.3 is 0 Å². The van der Waals surface area contributed by atoms with E-state index in [-0.39, 0.29) is 6.10 Å². The Morgan fingerprint density at radius 2 is 2.04 bits per heavy atom. The molecule has 2 saturated heterocycles. The quantitative estimate of drug-likeness (QED) is 0.930. The molecule has 0 spiro atoms. The summed E-state index contributed by atoms with van der Waals surface area (Å²) in [5.74, 6) is 0.987. The molecule has 2 aliphatic rings. The van der Waals surface area contributed by atoms with Crippen molar-refractivity contribution in [1.29, 1.82) is 0 Å². The smallest absolute Gasteiger partial charge is 0.136 e. The maximum Gasteiger partial charge on any atom is 0.136 e. The normalized spacial score (nSPS) is 27.6. The van der Waals surface area contributed by atoms with Crippen LogP contribution in [0.2, 0.25) is 0 Å². The van der Waals surface area contributed by atoms with E-state index < -0.39 is 0 Å². The molecule has 0 aromatic carbocycles. The fourth-order valence-electron chi connectivity index (χ4n) is 4.54. The van der Waals surface area contributed by atoms with Crippen molar-refractivity contribution in [3.8, 4) is 5.82 Å². The van der Waals surface area contributed by atoms with Crippen LogP contribution in [0.3, 0.4) is 0 Å². The maximum atomic E-state index is 9.96. The SMILES string of the molecule is Cc1cc(CN2CC3C[C@@H](O)CN3C[C@@H]2C)c(C)n1-c1ccccn1. The van der Waals surface area contributed by atoms with Crippen molar-refractivity contribution in [3.63, 3.8) is 0 Å². The van der Waals surface area contributed by atoms with Crippen LogP contribution in [0.5, 0.6) is 0 Å². The Hall–Kier alpha value is -1.69. The Morgan fingerprint density at radius 3 is 2.80 bits per heavy atom. The number of aliphatic hydroxyl groups excluding tert-OH is 1. The van der Waals surface area contributed by atoms with Crippen LogP contribution in [-0.2, 0) is 6.54 Å². The third kappa shape index (κ3) is 3.12. The van der Waals surface area contributed by atoms with Gasteiger partial charge in [-0.05, 0) is 51.0 Å². The minimum absolute atomic E-state index is 0.147. The number of aliphatic hydroxyl groups is 1. The summed E-state index contributed by atoms with van der Waals surface area (Å²) in [5.41, 5.74) is 3.88. The minimum Gasteiger partial charge on any atom is -0.392 e. The second kappa shape index (κ2) is 6.56. The second-order valence-electron chi connectivity index (χ2n) is 7.70. The van der Waals surface area contributed by atoms with Crippen LogP contribution in [0, 0.1) is 13.8 Å². The summed E-state index contributed by atoms with van der Waals surface area (Å²) in [6.07, 6.45) is 2.61. The fraction of sp³-hybridized carbons (Fsp3) is 0.550. The molecule has 3 atom stereocenters. The highest BCUT2D eigenvalue weighted by molar-refractivity contribution is 5.36. The van der Waals surface area contributed by atoms with Gasteiger partial charge in [-0.25, -0.2) is 4.98 Å². The van der Waals surface area contributed by atoms with Crippen molar-refractivity contribution in [3.05, 3.63) is 47.4 Å². The topological polar surface area (TPSA) is 44.5 Å². The van der Waals surface area contributed by atoms with Gasteiger partial charge in [0.2, 0.25) is 0 Å². The van der Waals surface area contributed by atoms with Crippen LogP contribution in [0.15, 0.2) is 30.5 Å². The van der Waals surface area contributed by atoms with E-state index in [1.807, 2.05) is 18.3 Å². The average Bonchev–Trinajstić information content (AvgIpc) is 3.07. The molecule has 5 nitrogen and oxygen atoms in total. The highest BCUT2D eigenvalue weighted by atomic mass is 16.3. The van der Waals surface area contributed by atoms with E-state index in [4.69, 9.17) is 0 Å². The number of hydrogen-bond donors (Lipinski definition) is 1. The molecule has 0 amide bonds. The largest absolute Gasteiger partial charge is 0.392 e. The molecule has 4 rings (SSSR count). The number of pyridine rings is 1. The van der Waals surface area contributed by atoms with Crippen molar-refractivity contribution >= 4 is 0 Å². The molecule has 0 aliphatic carbocycles. The Morgan fingerprint density at radius 1 is 1.20 bits per heavy atom. The van der Waals surface area contributed by atoms with Crippen LogP contribution in [0.4, 0.5) is 0 Å². The number of fused-ring (bicyclic) bond motifs is 1. The number of nitrogens with zero attached hydrogens (tertiary/aromatic N) is 4. The lowest BCUT2D eigenvalue weighted by molar-refractivity contribution is 0.0527. The molecule has 0 bridgehead atoms. The van der Waals surface area contributed by atoms with Gasteiger partial charge in [-0.3, -0.25) is 9.80 Å². The summed E-state index contributed by atoms with van der Waals surface area (Å²) in [6, 6.07) is 9.37. The Balaban J connectivity index is 1.55. The van der Waals surface area contributed by atoms with Crippen molar-refractivity contribution in [2.75, 3.05) is 19.6 Å². The molecular formula is C20H28N4O. The predicted molar refractivity (Wildman–Crippen MR) is 98.9 cm³/mol. The Labute approximate surface area is 149 Å². The zero-order valence-electron chi connectivity index (χ0n) is 15.4. The predicted octanol–water partition coefficient (Wildman–Crippen LogP) is 2.13. The third-order valence-corrected chi connectivity index (χ3v) is 5.86. The Bertz CT molecular complexity index is 742. The molecule has 2 aromatic heterocycles. The summed E-state index contributed by atoms with van der Waals surface area (Å²) < 4.78 is 2.25. The molecule has 1 N–H and O–H groups in total. The monoisotopic (exact) mass is 340 g/mol. The average molecular weight is 340 g/mol. The lowest BCUT2D eigenvalue weighted by atomic mass is 10.1. The van der Waals surface area contributed by atoms with E-state index in [1.165, 1.54) is 17.0 Å². The lowest BCUT2D eigenvalue weighted by Gasteiger charge is -2.42. The van der Waals surface area contributed by atoms with Crippen LogP contribution in [0.25, 0.3) is 5.82 Å². The van der Waals surface area contributed by atoms with Gasteiger partial charge in [-0.1, -0.05) is 6.07 Å². The molecule has 2 aromatic rings. The van der Waals surface area contributed by atoms with Crippen LogP contribution >= 0.6 is 0 Å². The molecule has 5 heteroatoms. The van der Waals surface area contributed by atoms with Crippen LogP contribution in [0.1, 0.15) is 30.3 Å². The van der Waals surface area contributed by atoms with Gasteiger partial charge in [0.05, 0.1) is 6.10 Å². The van der Waals surface area contributed by atoms with Crippen molar-refractivity contribution < 1.29 is 5.11 Å². The van der Waals surface area contributed by atoms with Gasteiger partial charge in [0.15, 0.2) is 0 Å². The molecule has 0 saturated carbocycles. The number of aryl methyl sites for hydroxylation is 1. The Kier molecular flexibility index (Phi) is 4.40. The number of piperazine rings is 1. The third-order valence-electron chi connectivity index (χ3n) is 5.86. The van der Waals surface area contributed by atoms with Gasteiger partial charge in [0.1, 0.15) is 5.82 Å². The van der Waals surface area contributed by atoms with Gasteiger partial charge in [0.25, 0.3) is 0 Å². The molecular weight excluding hydrogens is 312 g/mol. The number of aromatic nitrogens is 2. The number of rotatable bonds is 3. The van der Waals surface area contributed by atoms with Crippen molar-refractivity contribution in [2.45, 2.75) is 51.9 Å². The molecule has 0 radical (unpaired) electrons. The standard InChI is InChI=1S/C20H28N4O/c1-14-8-17(16(3)24(14)20-6-4-5-7-21-20)11-22-12-18-9-19(25)13-23(18)10-15(22)2/h4-8,15,18-19,25H,9-13H2,1-3H3/t15-,18?,19+/m0/s1. The zero-order valence-corrected chi connectivity index (χ0v) is 15.4. The first-order valence-corrected chi connectivity index (χ1v) is 9.28. The summed E-state index contributed by atoms with van der Waals surface area (Å²) >= 11 is 0. The van der Waals surface area contributed by atoms with Gasteiger partial charge in [-0.2, -0.15) is 0 Å². The van der Waals surface area contributed by atoms with E-state index in [2.05, 4.69) is 52.3 Å². The maximum absolute atomic E-state index is 9.96. The minimum atomic E-state index is -0.147. The van der Waals surface area contributed by atoms with Crippen LogP contribution < -0.4 is 0 Å². The molecule has 25 heavy (non-hydrogen) atoms. The van der Waals surface area contributed by atoms with Gasteiger partial charge < -0.3 is 9.67 Å². The summed E-state index contributed by atoms with van der Waals surface area (Å²) in [7, 11) is 0. The second-order valence-corrected chi connectivity index (χ2v) is 7.70. The molecule has 2 fully saturated rings. The van der Waals surface area contributed by atoms with E-state index >= 15 is 0 Å². The van der Waals surface area contributed by atoms with Gasteiger partial charge in [-0.15, -0.1) is 0 Å². The molecule has 4 heterocycles. The summed E-state index contributed by atoms with van der Waals surface area (Å²) in [5, 5.41) is 9.96. The summed E-state index contributed by atoms with van der Waals surface area (Å²) in [6.45, 7) is 10.6. The van der Waals surface area contributed by atoms with Crippen LogP contribution in [-0.4, -0.2) is 62.3 Å².